The quantitative estimate of drug-likeness (QED) is 0.0624. The van der Waals surface area contributed by atoms with Gasteiger partial charge in [0.1, 0.15) is 17.8 Å². The molecule has 12 N–H and O–H groups in total. The summed E-state index contributed by atoms with van der Waals surface area (Å²) in [5.41, 5.74) is 18.2. The van der Waals surface area contributed by atoms with Crippen LogP contribution in [0.15, 0.2) is 59.6 Å². The van der Waals surface area contributed by atoms with Crippen molar-refractivity contribution in [2.24, 2.45) is 22.2 Å². The number of aliphatic hydroxyl groups excluding tert-OH is 1. The third-order valence-corrected chi connectivity index (χ3v) is 6.27. The number of aliphatic hydroxyl groups is 1. The fourth-order valence-electron chi connectivity index (χ4n) is 4.00. The largest absolute Gasteiger partial charge is 0.508 e. The number of carboxylic acids is 1. The number of carbonyl (C=O) groups excluding carboxylic acids is 3. The van der Waals surface area contributed by atoms with Gasteiger partial charge in [-0.2, -0.15) is 0 Å². The Balaban J connectivity index is 2.26. The second kappa shape index (κ2) is 16.5. The second-order valence-corrected chi connectivity index (χ2v) is 9.80. The second-order valence-electron chi connectivity index (χ2n) is 9.80. The van der Waals surface area contributed by atoms with E-state index in [0.29, 0.717) is 5.56 Å². The Morgan fingerprint density at radius 1 is 0.833 bits per heavy atom. The first kappa shape index (κ1) is 33.5. The molecule has 0 aliphatic rings. The van der Waals surface area contributed by atoms with Gasteiger partial charge < -0.3 is 48.5 Å². The van der Waals surface area contributed by atoms with Crippen LogP contribution in [0.25, 0.3) is 0 Å². The molecule has 3 amide bonds. The van der Waals surface area contributed by atoms with Gasteiger partial charge in [-0.3, -0.25) is 19.4 Å². The lowest BCUT2D eigenvalue weighted by atomic mass is 10.0. The van der Waals surface area contributed by atoms with Gasteiger partial charge in [0.05, 0.1) is 12.1 Å². The Hall–Kier alpha value is -4.69. The molecule has 228 valence electrons. The molecule has 14 nitrogen and oxygen atoms in total. The van der Waals surface area contributed by atoms with Crippen LogP contribution >= 0.6 is 0 Å². The first-order chi connectivity index (χ1) is 19.9. The molecule has 0 saturated heterocycles. The number of carboxylic acid groups (broad SMARTS) is 1. The number of amides is 3. The van der Waals surface area contributed by atoms with Crippen molar-refractivity contribution in [2.75, 3.05) is 6.54 Å². The third-order valence-electron chi connectivity index (χ3n) is 6.27. The summed E-state index contributed by atoms with van der Waals surface area (Å²) in [6, 6.07) is 10.0. The molecule has 0 fully saturated rings. The van der Waals surface area contributed by atoms with Crippen molar-refractivity contribution in [3.63, 3.8) is 0 Å². The zero-order valence-electron chi connectivity index (χ0n) is 23.3. The lowest BCUT2D eigenvalue weighted by Gasteiger charge is -2.26. The standard InChI is InChI=1S/C28H39N7O7/c1-16(36)23(27(41)42)35-25(39)21(8-5-13-32-28(30)31)33-26(40)22(15-18-9-11-19(37)12-10-18)34-24(38)20(29)14-17-6-3-2-4-7-17/h2-4,6-7,9-12,16,20-23,36-37H,5,8,13-15,29H2,1H3,(H,33,40)(H,34,38)(H,35,39)(H,41,42)(H4,30,31,32). The molecular weight excluding hydrogens is 546 g/mol. The summed E-state index contributed by atoms with van der Waals surface area (Å²) in [6.45, 7) is 1.33. The van der Waals surface area contributed by atoms with Crippen LogP contribution in [0.5, 0.6) is 5.75 Å². The van der Waals surface area contributed by atoms with Crippen LogP contribution in [-0.2, 0) is 32.0 Å². The number of hydrogen-bond donors (Lipinski definition) is 9. The molecule has 0 radical (unpaired) electrons. The minimum absolute atomic E-state index is 0.00784. The monoisotopic (exact) mass is 585 g/mol. The average Bonchev–Trinajstić information content (AvgIpc) is 2.93. The molecule has 0 aliphatic carbocycles. The van der Waals surface area contributed by atoms with Crippen molar-refractivity contribution in [3.05, 3.63) is 65.7 Å². The average molecular weight is 586 g/mol. The van der Waals surface area contributed by atoms with E-state index in [9.17, 15) is 34.5 Å². The molecule has 0 aromatic heterocycles. The Labute approximate surface area is 243 Å². The van der Waals surface area contributed by atoms with E-state index in [1.165, 1.54) is 19.1 Å². The lowest BCUT2D eigenvalue weighted by Crippen LogP contribution is -2.58. The van der Waals surface area contributed by atoms with E-state index in [4.69, 9.17) is 17.2 Å². The maximum Gasteiger partial charge on any atom is 0.328 e. The van der Waals surface area contributed by atoms with Gasteiger partial charge in [-0.05, 0) is 49.4 Å². The zero-order chi connectivity index (χ0) is 31.2. The summed E-state index contributed by atoms with van der Waals surface area (Å²) in [5, 5.41) is 36.2. The first-order valence-corrected chi connectivity index (χ1v) is 13.3. The molecule has 5 unspecified atom stereocenters. The lowest BCUT2D eigenvalue weighted by molar-refractivity contribution is -0.145. The van der Waals surface area contributed by atoms with Crippen LogP contribution in [0, 0.1) is 0 Å². The number of phenols is 1. The Morgan fingerprint density at radius 3 is 1.98 bits per heavy atom. The van der Waals surface area contributed by atoms with Gasteiger partial charge in [-0.15, -0.1) is 0 Å². The number of aliphatic carboxylic acids is 1. The highest BCUT2D eigenvalue weighted by Crippen LogP contribution is 2.12. The van der Waals surface area contributed by atoms with Crippen molar-refractivity contribution in [1.82, 2.24) is 16.0 Å². The van der Waals surface area contributed by atoms with Crippen LogP contribution in [0.3, 0.4) is 0 Å². The molecule has 2 aromatic rings. The van der Waals surface area contributed by atoms with Crippen LogP contribution < -0.4 is 33.2 Å². The number of carbonyl (C=O) groups is 4. The van der Waals surface area contributed by atoms with Crippen molar-refractivity contribution in [2.45, 2.75) is 62.9 Å². The van der Waals surface area contributed by atoms with Gasteiger partial charge in [-0.25, -0.2) is 4.79 Å². The molecule has 0 bridgehead atoms. The molecule has 0 saturated carbocycles. The van der Waals surface area contributed by atoms with Crippen LogP contribution in [0.4, 0.5) is 0 Å². The van der Waals surface area contributed by atoms with Gasteiger partial charge in [0.2, 0.25) is 17.7 Å². The normalized spacial score (nSPS) is 14.4. The number of nitrogens with two attached hydrogens (primary N) is 3. The Morgan fingerprint density at radius 2 is 1.40 bits per heavy atom. The van der Waals surface area contributed by atoms with E-state index in [2.05, 4.69) is 20.9 Å². The van der Waals surface area contributed by atoms with Gasteiger partial charge in [0.15, 0.2) is 12.0 Å². The van der Waals surface area contributed by atoms with Gasteiger partial charge >= 0.3 is 5.97 Å². The predicted molar refractivity (Wildman–Crippen MR) is 155 cm³/mol. The summed E-state index contributed by atoms with van der Waals surface area (Å²) in [5.74, 6) is -3.83. The van der Waals surface area contributed by atoms with Crippen molar-refractivity contribution in [3.8, 4) is 5.75 Å². The summed E-state index contributed by atoms with van der Waals surface area (Å²) >= 11 is 0. The third kappa shape index (κ3) is 11.4. The first-order valence-electron chi connectivity index (χ1n) is 13.3. The summed E-state index contributed by atoms with van der Waals surface area (Å²) < 4.78 is 0. The Kier molecular flexibility index (Phi) is 13.2. The van der Waals surface area contributed by atoms with Crippen LogP contribution in [-0.4, -0.2) is 81.8 Å². The molecule has 0 aliphatic heterocycles. The number of nitrogens with one attached hydrogen (secondary N) is 3. The number of rotatable bonds is 16. The van der Waals surface area contributed by atoms with E-state index < -0.39 is 54.0 Å². The van der Waals surface area contributed by atoms with Crippen molar-refractivity contribution in [1.29, 1.82) is 0 Å². The maximum absolute atomic E-state index is 13.5. The molecule has 14 heteroatoms. The number of nitrogens with zero attached hydrogens (tertiary/aromatic N) is 1. The highest BCUT2D eigenvalue weighted by molar-refractivity contribution is 5.94. The SMILES string of the molecule is CC(O)C(NC(=O)C(CCCN=C(N)N)NC(=O)C(Cc1ccc(O)cc1)NC(=O)C(N)Cc1ccccc1)C(=O)O. The number of aromatic hydroxyl groups is 1. The molecule has 2 rings (SSSR count). The predicted octanol–water partition coefficient (Wildman–Crippen LogP) is -1.52. The molecule has 0 heterocycles. The van der Waals surface area contributed by atoms with Crippen LogP contribution in [0.2, 0.25) is 0 Å². The van der Waals surface area contributed by atoms with E-state index in [1.54, 1.807) is 12.1 Å². The smallest absolute Gasteiger partial charge is 0.328 e. The van der Waals surface area contributed by atoms with Crippen LogP contribution in [0.1, 0.15) is 30.9 Å². The summed E-state index contributed by atoms with van der Waals surface area (Å²) in [4.78, 5) is 55.0. The number of hydrogen-bond acceptors (Lipinski definition) is 8. The number of guanidine groups is 1. The maximum atomic E-state index is 13.5. The van der Waals surface area contributed by atoms with Crippen molar-refractivity contribution < 1.29 is 34.5 Å². The van der Waals surface area contributed by atoms with Gasteiger partial charge in [0, 0.05) is 13.0 Å². The number of benzene rings is 2. The molecule has 5 atom stereocenters. The fourth-order valence-corrected chi connectivity index (χ4v) is 4.00. The topological polar surface area (TPSA) is 255 Å². The highest BCUT2D eigenvalue weighted by Gasteiger charge is 2.32. The van der Waals surface area contributed by atoms with Gasteiger partial charge in [0.25, 0.3) is 0 Å². The molecule has 42 heavy (non-hydrogen) atoms. The fraction of sp³-hybridized carbons (Fsp3) is 0.393. The van der Waals surface area contributed by atoms with Gasteiger partial charge in [-0.1, -0.05) is 42.5 Å². The summed E-state index contributed by atoms with van der Waals surface area (Å²) in [7, 11) is 0. The molecule has 0 spiro atoms. The zero-order valence-corrected chi connectivity index (χ0v) is 23.3. The highest BCUT2D eigenvalue weighted by atomic mass is 16.4. The molecule has 2 aromatic carbocycles. The van der Waals surface area contributed by atoms with E-state index >= 15 is 0 Å². The summed E-state index contributed by atoms with van der Waals surface area (Å²) in [6.07, 6.45) is -0.972. The number of aliphatic imine (C=N–C) groups is 1. The van der Waals surface area contributed by atoms with E-state index in [-0.39, 0.29) is 43.9 Å². The minimum atomic E-state index is -1.63. The minimum Gasteiger partial charge on any atom is -0.508 e. The number of phenolic OH excluding ortho intramolecular Hbond substituents is 1. The van der Waals surface area contributed by atoms with E-state index in [1.807, 2.05) is 30.3 Å². The Bertz CT molecular complexity index is 1220. The van der Waals surface area contributed by atoms with Crippen molar-refractivity contribution >= 4 is 29.7 Å². The molecular formula is C28H39N7O7. The van der Waals surface area contributed by atoms with E-state index in [0.717, 1.165) is 5.56 Å².